The summed E-state index contributed by atoms with van der Waals surface area (Å²) in [6, 6.07) is 19.5. The van der Waals surface area contributed by atoms with Gasteiger partial charge in [0.05, 0.1) is 0 Å². The number of hydrogen-bond donors (Lipinski definition) is 0. The van der Waals surface area contributed by atoms with Crippen LogP contribution in [0.4, 0.5) is 0 Å². The van der Waals surface area contributed by atoms with E-state index in [0.29, 0.717) is 0 Å². The van der Waals surface area contributed by atoms with Crippen LogP contribution >= 0.6 is 0 Å². The second kappa shape index (κ2) is 8.69. The molecule has 0 saturated heterocycles. The van der Waals surface area contributed by atoms with Crippen LogP contribution in [0, 0.1) is 23.7 Å². The lowest BCUT2D eigenvalue weighted by Gasteiger charge is -2.27. The van der Waals surface area contributed by atoms with E-state index in [2.05, 4.69) is 23.7 Å². The van der Waals surface area contributed by atoms with Gasteiger partial charge in [-0.2, -0.15) is 0 Å². The van der Waals surface area contributed by atoms with E-state index < -0.39 is 5.54 Å². The fourth-order valence-electron chi connectivity index (χ4n) is 2.10. The molecule has 0 radical (unpaired) electrons. The number of hydrogen-bond acceptors (Lipinski definition) is 2. The zero-order valence-electron chi connectivity index (χ0n) is 14.8. The molecule has 25 heavy (non-hydrogen) atoms. The van der Waals surface area contributed by atoms with Crippen molar-refractivity contribution in [2.75, 3.05) is 14.1 Å². The van der Waals surface area contributed by atoms with Crippen LogP contribution in [0.25, 0.3) is 0 Å². The maximum absolute atomic E-state index is 11.5. The first-order valence-corrected chi connectivity index (χ1v) is 8.05. The van der Waals surface area contributed by atoms with Gasteiger partial charge in [-0.25, -0.2) is 0 Å². The molecular weight excluding hydrogens is 306 g/mol. The van der Waals surface area contributed by atoms with E-state index in [1.165, 1.54) is 13.0 Å². The maximum atomic E-state index is 11.5. The number of allylic oxidation sites excluding steroid dienone is 1. The first kappa shape index (κ1) is 18.3. The van der Waals surface area contributed by atoms with Crippen molar-refractivity contribution >= 4 is 5.78 Å². The zero-order valence-corrected chi connectivity index (χ0v) is 14.8. The quantitative estimate of drug-likeness (QED) is 0.635. The Balaban J connectivity index is 2.51. The molecule has 0 aliphatic heterocycles. The van der Waals surface area contributed by atoms with Crippen LogP contribution in [0.1, 0.15) is 18.1 Å². The van der Waals surface area contributed by atoms with Gasteiger partial charge in [0.15, 0.2) is 11.3 Å². The smallest absolute Gasteiger partial charge is 0.164 e. The average Bonchev–Trinajstić information content (AvgIpc) is 2.62. The van der Waals surface area contributed by atoms with Crippen molar-refractivity contribution in [3.05, 3.63) is 83.9 Å². The summed E-state index contributed by atoms with van der Waals surface area (Å²) in [5, 5.41) is 0. The number of ketones is 1. The fraction of sp³-hybridized carbons (Fsp3) is 0.174. The number of carbonyl (C=O) groups is 1. The minimum absolute atomic E-state index is 0.0331. The molecule has 0 aromatic heterocycles. The number of carbonyl (C=O) groups excluding carboxylic acids is 1. The monoisotopic (exact) mass is 327 g/mol. The zero-order chi connectivity index (χ0) is 18.1. The van der Waals surface area contributed by atoms with Crippen molar-refractivity contribution in [2.45, 2.75) is 12.5 Å². The van der Waals surface area contributed by atoms with Crippen molar-refractivity contribution in [1.29, 1.82) is 0 Å². The molecule has 2 aromatic rings. The summed E-state index contributed by atoms with van der Waals surface area (Å²) >= 11 is 0. The highest BCUT2D eigenvalue weighted by atomic mass is 16.1. The van der Waals surface area contributed by atoms with Crippen LogP contribution in [0.5, 0.6) is 0 Å². The minimum atomic E-state index is -0.850. The van der Waals surface area contributed by atoms with Gasteiger partial charge in [-0.1, -0.05) is 60.1 Å². The first-order chi connectivity index (χ1) is 12.0. The third-order valence-electron chi connectivity index (χ3n) is 3.61. The van der Waals surface area contributed by atoms with Gasteiger partial charge in [0, 0.05) is 11.1 Å². The molecule has 0 bridgehead atoms. The third-order valence-corrected chi connectivity index (χ3v) is 3.61. The van der Waals surface area contributed by atoms with Crippen molar-refractivity contribution < 1.29 is 4.79 Å². The fourth-order valence-corrected chi connectivity index (χ4v) is 2.10. The molecule has 0 saturated carbocycles. The SMILES string of the molecule is CC(=O)/C=C/C(C#Cc1ccccc1)(C#Cc1ccccc1)N(C)C. The van der Waals surface area contributed by atoms with Gasteiger partial charge in [0.2, 0.25) is 0 Å². The molecular formula is C23H21NO. The Morgan fingerprint density at radius 1 is 0.880 bits per heavy atom. The van der Waals surface area contributed by atoms with Crippen LogP contribution < -0.4 is 0 Å². The van der Waals surface area contributed by atoms with Gasteiger partial charge in [0.1, 0.15) is 0 Å². The standard InChI is InChI=1S/C23H21NO/c1-20(25)14-17-23(24(2)3,18-15-21-10-6-4-7-11-21)19-16-22-12-8-5-9-13-22/h4-14,17H,1-3H3/b17-14+. The molecule has 0 amide bonds. The van der Waals surface area contributed by atoms with Crippen molar-refractivity contribution in [1.82, 2.24) is 4.90 Å². The Kier molecular flexibility index (Phi) is 6.35. The van der Waals surface area contributed by atoms with Gasteiger partial charge >= 0.3 is 0 Å². The number of likely N-dealkylation sites (N-methyl/N-ethyl adjacent to an activating group) is 1. The van der Waals surface area contributed by atoms with Crippen molar-refractivity contribution in [2.24, 2.45) is 0 Å². The largest absolute Gasteiger partial charge is 0.295 e. The minimum Gasteiger partial charge on any atom is -0.295 e. The Hall–Kier alpha value is -3.07. The molecule has 0 unspecified atom stereocenters. The Labute approximate surface area is 150 Å². The summed E-state index contributed by atoms with van der Waals surface area (Å²) in [4.78, 5) is 13.4. The topological polar surface area (TPSA) is 20.3 Å². The van der Waals surface area contributed by atoms with E-state index in [4.69, 9.17) is 0 Å². The lowest BCUT2D eigenvalue weighted by Crippen LogP contribution is -2.40. The van der Waals surface area contributed by atoms with E-state index in [9.17, 15) is 4.79 Å². The Morgan fingerprint density at radius 3 is 1.68 bits per heavy atom. The van der Waals surface area contributed by atoms with E-state index in [0.717, 1.165) is 11.1 Å². The van der Waals surface area contributed by atoms with Gasteiger partial charge in [-0.3, -0.25) is 9.69 Å². The Bertz CT molecular complexity index is 799. The summed E-state index contributed by atoms with van der Waals surface area (Å²) in [7, 11) is 3.81. The number of nitrogens with zero attached hydrogens (tertiary/aromatic N) is 1. The highest BCUT2D eigenvalue weighted by Gasteiger charge is 2.25. The van der Waals surface area contributed by atoms with Crippen LogP contribution in [-0.2, 0) is 4.79 Å². The van der Waals surface area contributed by atoms with Gasteiger partial charge in [-0.15, -0.1) is 0 Å². The molecule has 2 heteroatoms. The van der Waals surface area contributed by atoms with E-state index in [-0.39, 0.29) is 5.78 Å². The molecule has 0 aliphatic carbocycles. The number of rotatable bonds is 3. The molecule has 0 heterocycles. The normalized spacial score (nSPS) is 10.7. The second-order valence-electron chi connectivity index (χ2n) is 5.84. The molecule has 2 aromatic carbocycles. The van der Waals surface area contributed by atoms with E-state index >= 15 is 0 Å². The van der Waals surface area contributed by atoms with Gasteiger partial charge < -0.3 is 0 Å². The number of benzene rings is 2. The summed E-state index contributed by atoms with van der Waals surface area (Å²) in [6.45, 7) is 1.52. The van der Waals surface area contributed by atoms with Gasteiger partial charge in [-0.05, 0) is 57.4 Å². The summed E-state index contributed by atoms with van der Waals surface area (Å²) in [5.74, 6) is 12.8. The average molecular weight is 327 g/mol. The molecule has 0 aliphatic rings. The molecule has 2 rings (SSSR count). The summed E-state index contributed by atoms with van der Waals surface area (Å²) in [5.41, 5.74) is 0.968. The van der Waals surface area contributed by atoms with Crippen LogP contribution in [0.3, 0.4) is 0 Å². The maximum Gasteiger partial charge on any atom is 0.164 e. The van der Waals surface area contributed by atoms with Crippen molar-refractivity contribution in [3.8, 4) is 23.7 Å². The molecule has 0 fully saturated rings. The molecule has 2 nitrogen and oxygen atoms in total. The first-order valence-electron chi connectivity index (χ1n) is 8.05. The molecule has 0 spiro atoms. The van der Waals surface area contributed by atoms with E-state index in [1.807, 2.05) is 79.7 Å². The lowest BCUT2D eigenvalue weighted by atomic mass is 9.96. The molecule has 124 valence electrons. The van der Waals surface area contributed by atoms with Crippen LogP contribution in [0.15, 0.2) is 72.8 Å². The highest BCUT2D eigenvalue weighted by Crippen LogP contribution is 2.14. The summed E-state index contributed by atoms with van der Waals surface area (Å²) < 4.78 is 0. The predicted molar refractivity (Wildman–Crippen MR) is 103 cm³/mol. The van der Waals surface area contributed by atoms with Crippen LogP contribution in [-0.4, -0.2) is 30.3 Å². The molecule has 0 atom stereocenters. The highest BCUT2D eigenvalue weighted by molar-refractivity contribution is 5.87. The predicted octanol–water partition coefficient (Wildman–Crippen LogP) is 3.54. The van der Waals surface area contributed by atoms with Crippen LogP contribution in [0.2, 0.25) is 0 Å². The lowest BCUT2D eigenvalue weighted by molar-refractivity contribution is -0.112. The van der Waals surface area contributed by atoms with E-state index in [1.54, 1.807) is 6.08 Å². The summed E-state index contributed by atoms with van der Waals surface area (Å²) in [6.07, 6.45) is 3.29. The Morgan fingerprint density at radius 2 is 1.32 bits per heavy atom. The second-order valence-corrected chi connectivity index (χ2v) is 5.84. The third kappa shape index (κ3) is 5.50. The van der Waals surface area contributed by atoms with Gasteiger partial charge in [0.25, 0.3) is 0 Å². The van der Waals surface area contributed by atoms with Crippen molar-refractivity contribution in [3.63, 3.8) is 0 Å². The molecule has 0 N–H and O–H groups in total.